The Bertz CT molecular complexity index is 1290. The number of nitriles is 1. The van der Waals surface area contributed by atoms with E-state index in [0.29, 0.717) is 0 Å². The Hall–Kier alpha value is -3.49. The smallest absolute Gasteiger partial charge is 0.252 e. The van der Waals surface area contributed by atoms with Crippen LogP contribution in [0, 0.1) is 18.3 Å². The molecule has 0 unspecified atom stereocenters. The number of fused-ring (bicyclic) bond motifs is 1. The molecule has 0 bridgehead atoms. The lowest BCUT2D eigenvalue weighted by molar-refractivity contribution is 0.0841. The number of aryl methyl sites for hydroxylation is 1. The summed E-state index contributed by atoms with van der Waals surface area (Å²) in [5.74, 6) is 0.0231. The minimum absolute atomic E-state index is 0.0231. The maximum atomic E-state index is 13.7. The van der Waals surface area contributed by atoms with Gasteiger partial charge in [-0.1, -0.05) is 43.5 Å². The summed E-state index contributed by atoms with van der Waals surface area (Å²) in [4.78, 5) is 20.5. The molecule has 2 aromatic carbocycles. The van der Waals surface area contributed by atoms with Crippen LogP contribution in [-0.4, -0.2) is 34.4 Å². The average Bonchev–Trinajstić information content (AvgIpc) is 2.92. The first kappa shape index (κ1) is 24.2. The summed E-state index contributed by atoms with van der Waals surface area (Å²) >= 11 is 0. The van der Waals surface area contributed by atoms with Gasteiger partial charge in [-0.25, -0.2) is 0 Å². The van der Waals surface area contributed by atoms with Crippen LogP contribution < -0.4 is 5.32 Å². The van der Waals surface area contributed by atoms with Crippen molar-refractivity contribution in [1.82, 2.24) is 15.2 Å². The van der Waals surface area contributed by atoms with Crippen molar-refractivity contribution in [2.45, 2.75) is 64.0 Å². The van der Waals surface area contributed by atoms with E-state index in [9.17, 15) is 10.1 Å². The molecule has 1 aromatic heterocycles. The van der Waals surface area contributed by atoms with Gasteiger partial charge in [-0.2, -0.15) is 5.26 Å². The first-order chi connectivity index (χ1) is 17.5. The van der Waals surface area contributed by atoms with Crippen molar-refractivity contribution in [2.75, 3.05) is 13.1 Å². The molecule has 2 aliphatic rings. The molecule has 0 spiro atoms. The van der Waals surface area contributed by atoms with E-state index in [1.54, 1.807) is 6.20 Å². The Kier molecular flexibility index (Phi) is 7.16. The minimum atomic E-state index is -0.165. The lowest BCUT2D eigenvalue weighted by Crippen LogP contribution is -2.51. The average molecular weight is 479 g/mol. The van der Waals surface area contributed by atoms with Gasteiger partial charge in [0.2, 0.25) is 0 Å². The second kappa shape index (κ2) is 10.6. The summed E-state index contributed by atoms with van der Waals surface area (Å²) in [7, 11) is 0. The fourth-order valence-electron chi connectivity index (χ4n) is 5.86. The van der Waals surface area contributed by atoms with Crippen LogP contribution in [-0.2, 0) is 13.0 Å². The highest BCUT2D eigenvalue weighted by Crippen LogP contribution is 2.33. The number of benzene rings is 2. The Labute approximate surface area is 214 Å². The predicted octanol–water partition coefficient (Wildman–Crippen LogP) is 5.81. The standard InChI is InChI=1S/C31H34N4O/c1-23-19-26(11-16-33-23)28-7-3-4-8-29(28)30(36)34-31(13-5-2-6-14-31)15-18-35-17-12-25-20-24(21-32)9-10-27(25)22-35/h3-4,7-11,16,19-20H,2,5-6,12-15,17-18,22H2,1H3,(H,34,36). The maximum absolute atomic E-state index is 13.7. The number of nitrogens with one attached hydrogen (secondary N) is 1. The SMILES string of the molecule is Cc1cc(-c2ccccc2C(=O)NC2(CCN3CCc4cc(C#N)ccc4C3)CCCCC2)ccn1. The normalized spacial score (nSPS) is 17.1. The second-order valence-electron chi connectivity index (χ2n) is 10.4. The minimum Gasteiger partial charge on any atom is -0.347 e. The molecule has 5 heteroatoms. The van der Waals surface area contributed by atoms with Crippen LogP contribution in [0.4, 0.5) is 0 Å². The van der Waals surface area contributed by atoms with E-state index < -0.39 is 0 Å². The summed E-state index contributed by atoms with van der Waals surface area (Å²) in [5.41, 5.74) is 6.85. The molecule has 2 heterocycles. The van der Waals surface area contributed by atoms with Crippen molar-refractivity contribution < 1.29 is 4.79 Å². The van der Waals surface area contributed by atoms with Crippen LogP contribution in [0.2, 0.25) is 0 Å². The van der Waals surface area contributed by atoms with Gasteiger partial charge in [-0.3, -0.25) is 14.7 Å². The van der Waals surface area contributed by atoms with Gasteiger partial charge >= 0.3 is 0 Å². The number of pyridine rings is 1. The third-order valence-corrected chi connectivity index (χ3v) is 7.90. The van der Waals surface area contributed by atoms with E-state index in [1.165, 1.54) is 17.5 Å². The largest absolute Gasteiger partial charge is 0.347 e. The van der Waals surface area contributed by atoms with Gasteiger partial charge in [0.1, 0.15) is 0 Å². The molecule has 1 N–H and O–H groups in total. The van der Waals surface area contributed by atoms with Gasteiger partial charge in [0, 0.05) is 42.6 Å². The van der Waals surface area contributed by atoms with E-state index in [0.717, 1.165) is 86.1 Å². The van der Waals surface area contributed by atoms with Crippen molar-refractivity contribution in [3.63, 3.8) is 0 Å². The molecule has 1 saturated carbocycles. The van der Waals surface area contributed by atoms with Crippen molar-refractivity contribution in [2.24, 2.45) is 0 Å². The monoisotopic (exact) mass is 478 g/mol. The van der Waals surface area contributed by atoms with Crippen LogP contribution >= 0.6 is 0 Å². The van der Waals surface area contributed by atoms with Gasteiger partial charge in [-0.15, -0.1) is 0 Å². The van der Waals surface area contributed by atoms with Crippen molar-refractivity contribution in [3.05, 3.63) is 88.7 Å². The third kappa shape index (κ3) is 5.34. The number of amides is 1. The Morgan fingerprint density at radius 3 is 2.72 bits per heavy atom. The zero-order chi connectivity index (χ0) is 25.0. The molecule has 1 amide bonds. The summed E-state index contributed by atoms with van der Waals surface area (Å²) in [6.07, 6.45) is 9.36. The van der Waals surface area contributed by atoms with E-state index >= 15 is 0 Å². The highest BCUT2D eigenvalue weighted by molar-refractivity contribution is 6.01. The number of carbonyl (C=O) groups excluding carboxylic acids is 1. The Balaban J connectivity index is 1.31. The third-order valence-electron chi connectivity index (χ3n) is 7.90. The van der Waals surface area contributed by atoms with E-state index in [2.05, 4.69) is 27.3 Å². The van der Waals surface area contributed by atoms with Gasteiger partial charge in [0.15, 0.2) is 0 Å². The fourth-order valence-corrected chi connectivity index (χ4v) is 5.86. The molecule has 0 atom stereocenters. The second-order valence-corrected chi connectivity index (χ2v) is 10.4. The number of aromatic nitrogens is 1. The highest BCUT2D eigenvalue weighted by Gasteiger charge is 2.35. The van der Waals surface area contributed by atoms with Crippen molar-refractivity contribution in [3.8, 4) is 17.2 Å². The molecule has 0 saturated heterocycles. The number of hydrogen-bond acceptors (Lipinski definition) is 4. The van der Waals surface area contributed by atoms with Gasteiger partial charge < -0.3 is 5.32 Å². The van der Waals surface area contributed by atoms with Gasteiger partial charge in [0.25, 0.3) is 5.91 Å². The molecule has 1 fully saturated rings. The molecule has 0 radical (unpaired) electrons. The Morgan fingerprint density at radius 2 is 1.92 bits per heavy atom. The number of rotatable bonds is 6. The molecular formula is C31H34N4O. The quantitative estimate of drug-likeness (QED) is 0.485. The van der Waals surface area contributed by atoms with Crippen LogP contribution in [0.5, 0.6) is 0 Å². The predicted molar refractivity (Wildman–Crippen MR) is 142 cm³/mol. The van der Waals surface area contributed by atoms with Crippen LogP contribution in [0.3, 0.4) is 0 Å². The van der Waals surface area contributed by atoms with Crippen molar-refractivity contribution >= 4 is 5.91 Å². The lowest BCUT2D eigenvalue weighted by Gasteiger charge is -2.40. The number of carbonyl (C=O) groups is 1. The summed E-state index contributed by atoms with van der Waals surface area (Å²) in [6.45, 7) is 4.85. The van der Waals surface area contributed by atoms with E-state index in [1.807, 2.05) is 55.5 Å². The molecule has 36 heavy (non-hydrogen) atoms. The topological polar surface area (TPSA) is 69.0 Å². The lowest BCUT2D eigenvalue weighted by atomic mass is 9.78. The van der Waals surface area contributed by atoms with Gasteiger partial charge in [-0.05, 0) is 85.2 Å². The fraction of sp³-hybridized carbons (Fsp3) is 0.387. The van der Waals surface area contributed by atoms with Crippen LogP contribution in [0.1, 0.15) is 71.3 Å². The molecule has 5 nitrogen and oxygen atoms in total. The molecule has 184 valence electrons. The molecular weight excluding hydrogens is 444 g/mol. The molecule has 1 aliphatic heterocycles. The first-order valence-electron chi connectivity index (χ1n) is 13.1. The molecule has 5 rings (SSSR count). The first-order valence-corrected chi connectivity index (χ1v) is 13.1. The zero-order valence-electron chi connectivity index (χ0n) is 21.1. The molecule has 1 aliphatic carbocycles. The number of hydrogen-bond donors (Lipinski definition) is 1. The summed E-state index contributed by atoms with van der Waals surface area (Å²) in [6, 6.07) is 20.2. The Morgan fingerprint density at radius 1 is 1.08 bits per heavy atom. The van der Waals surface area contributed by atoms with Crippen LogP contribution in [0.25, 0.3) is 11.1 Å². The zero-order valence-corrected chi connectivity index (χ0v) is 21.1. The number of nitrogens with zero attached hydrogens (tertiary/aromatic N) is 3. The van der Waals surface area contributed by atoms with Crippen molar-refractivity contribution in [1.29, 1.82) is 5.26 Å². The van der Waals surface area contributed by atoms with E-state index in [4.69, 9.17) is 0 Å². The maximum Gasteiger partial charge on any atom is 0.252 e. The van der Waals surface area contributed by atoms with Crippen LogP contribution in [0.15, 0.2) is 60.8 Å². The summed E-state index contributed by atoms with van der Waals surface area (Å²) < 4.78 is 0. The highest BCUT2D eigenvalue weighted by atomic mass is 16.1. The molecule has 3 aromatic rings. The van der Waals surface area contributed by atoms with E-state index in [-0.39, 0.29) is 11.4 Å². The summed E-state index contributed by atoms with van der Waals surface area (Å²) in [5, 5.41) is 12.7. The van der Waals surface area contributed by atoms with Gasteiger partial charge in [0.05, 0.1) is 11.6 Å².